The number of fused-ring (bicyclic) bond motifs is 1. The number of halogens is 3. The number of hydrogen-bond acceptors (Lipinski definition) is 6. The Bertz CT molecular complexity index is 1210. The summed E-state index contributed by atoms with van der Waals surface area (Å²) in [7, 11) is 0. The maximum atomic E-state index is 14.9. The van der Waals surface area contributed by atoms with E-state index in [-0.39, 0.29) is 34.3 Å². The van der Waals surface area contributed by atoms with Crippen molar-refractivity contribution in [3.8, 4) is 11.4 Å². The van der Waals surface area contributed by atoms with E-state index in [1.807, 2.05) is 0 Å². The first kappa shape index (κ1) is 23.4. The van der Waals surface area contributed by atoms with E-state index < -0.39 is 23.3 Å². The zero-order valence-electron chi connectivity index (χ0n) is 18.7. The van der Waals surface area contributed by atoms with Gasteiger partial charge in [-0.3, -0.25) is 0 Å². The molecule has 0 spiro atoms. The molecule has 0 aliphatic heterocycles. The van der Waals surface area contributed by atoms with Crippen molar-refractivity contribution < 1.29 is 18.3 Å². The van der Waals surface area contributed by atoms with Crippen molar-refractivity contribution in [2.75, 3.05) is 5.32 Å². The maximum absolute atomic E-state index is 14.9. The number of ether oxygens (including phenoxy) is 1. The predicted molar refractivity (Wildman–Crippen MR) is 123 cm³/mol. The lowest BCUT2D eigenvalue weighted by molar-refractivity contribution is 0.0543. The second kappa shape index (κ2) is 8.87. The summed E-state index contributed by atoms with van der Waals surface area (Å²) in [4.78, 5) is 21.2. The zero-order chi connectivity index (χ0) is 23.9. The van der Waals surface area contributed by atoms with Crippen LogP contribution in [0, 0.1) is 11.6 Å². The van der Waals surface area contributed by atoms with Gasteiger partial charge in [-0.15, -0.1) is 0 Å². The molecular formula is C23H26ClF2N5O2. The number of hydrogen-bond donors (Lipinski definition) is 2. The molecule has 0 saturated heterocycles. The van der Waals surface area contributed by atoms with Crippen molar-refractivity contribution in [1.82, 2.24) is 14.5 Å². The van der Waals surface area contributed by atoms with Crippen molar-refractivity contribution in [2.45, 2.75) is 64.1 Å². The van der Waals surface area contributed by atoms with Crippen LogP contribution in [0.4, 0.5) is 19.4 Å². The average Bonchev–Trinajstić information content (AvgIpc) is 3.08. The van der Waals surface area contributed by atoms with Gasteiger partial charge in [0.15, 0.2) is 17.5 Å². The van der Waals surface area contributed by atoms with Crippen LogP contribution in [0.2, 0.25) is 5.02 Å². The summed E-state index contributed by atoms with van der Waals surface area (Å²) >= 11 is 6.09. The summed E-state index contributed by atoms with van der Waals surface area (Å²) < 4.78 is 35.9. The van der Waals surface area contributed by atoms with Crippen LogP contribution in [-0.4, -0.2) is 38.3 Å². The molecule has 4 rings (SSSR count). The third-order valence-electron chi connectivity index (χ3n) is 5.45. The second-order valence-corrected chi connectivity index (χ2v) is 9.77. The van der Waals surface area contributed by atoms with E-state index in [2.05, 4.69) is 15.3 Å². The minimum absolute atomic E-state index is 0.0130. The van der Waals surface area contributed by atoms with Gasteiger partial charge in [-0.2, -0.15) is 0 Å². The van der Waals surface area contributed by atoms with E-state index >= 15 is 0 Å². The Morgan fingerprint density at radius 2 is 2.03 bits per heavy atom. The standard InChI is InChI=1S/C23H26ClF2N5O2/c1-23(2,3)33-22(32)31-11-16(15-7-12(24)8-17(25)19(15)31)20-28-10-18(26)21(30-20)29-14-6-4-5-13(27)9-14/h7-8,10-11,13-14H,4-6,9,27H2,1-3H3,(H,28,29,30)/t13-,14+/m1/s1. The molecule has 0 amide bonds. The highest BCUT2D eigenvalue weighted by Gasteiger charge is 2.26. The number of aromatic nitrogens is 3. The monoisotopic (exact) mass is 477 g/mol. The molecule has 7 nitrogen and oxygen atoms in total. The Kier molecular flexibility index (Phi) is 6.28. The lowest BCUT2D eigenvalue weighted by Gasteiger charge is -2.27. The summed E-state index contributed by atoms with van der Waals surface area (Å²) in [5.74, 6) is -1.17. The van der Waals surface area contributed by atoms with Gasteiger partial charge in [-0.05, 0) is 58.6 Å². The molecule has 3 aromatic rings. The molecule has 1 aliphatic rings. The Labute approximate surface area is 195 Å². The van der Waals surface area contributed by atoms with Gasteiger partial charge in [-0.1, -0.05) is 11.6 Å². The number of nitrogens with two attached hydrogens (primary N) is 1. The van der Waals surface area contributed by atoms with E-state index in [0.29, 0.717) is 17.4 Å². The summed E-state index contributed by atoms with van der Waals surface area (Å²) in [6, 6.07) is 2.66. The fourth-order valence-corrected chi connectivity index (χ4v) is 4.27. The first-order chi connectivity index (χ1) is 15.5. The van der Waals surface area contributed by atoms with Crippen molar-refractivity contribution >= 4 is 34.4 Å². The maximum Gasteiger partial charge on any atom is 0.419 e. The van der Waals surface area contributed by atoms with Crippen LogP contribution in [0.5, 0.6) is 0 Å². The van der Waals surface area contributed by atoms with Gasteiger partial charge < -0.3 is 15.8 Å². The molecule has 176 valence electrons. The number of nitrogens with one attached hydrogen (secondary N) is 1. The smallest absolute Gasteiger partial charge is 0.419 e. The Hall–Kier alpha value is -2.78. The van der Waals surface area contributed by atoms with Gasteiger partial charge in [0, 0.05) is 34.3 Å². The van der Waals surface area contributed by atoms with Crippen molar-refractivity contribution in [2.24, 2.45) is 5.73 Å². The summed E-state index contributed by atoms with van der Waals surface area (Å²) in [6.45, 7) is 5.13. The summed E-state index contributed by atoms with van der Waals surface area (Å²) in [6.07, 6.45) is 5.10. The van der Waals surface area contributed by atoms with Gasteiger partial charge in [0.25, 0.3) is 0 Å². The lowest BCUT2D eigenvalue weighted by atomic mass is 9.92. The zero-order valence-corrected chi connectivity index (χ0v) is 19.4. The Morgan fingerprint density at radius 3 is 2.73 bits per heavy atom. The van der Waals surface area contributed by atoms with Crippen LogP contribution >= 0.6 is 11.6 Å². The van der Waals surface area contributed by atoms with Gasteiger partial charge >= 0.3 is 6.09 Å². The number of benzene rings is 1. The molecule has 0 radical (unpaired) electrons. The van der Waals surface area contributed by atoms with Gasteiger partial charge in [0.2, 0.25) is 0 Å². The van der Waals surface area contributed by atoms with Crippen LogP contribution in [0.15, 0.2) is 24.5 Å². The van der Waals surface area contributed by atoms with Crippen molar-refractivity contribution in [3.05, 3.63) is 41.2 Å². The molecule has 3 N–H and O–H groups in total. The van der Waals surface area contributed by atoms with Crippen LogP contribution in [-0.2, 0) is 4.74 Å². The molecule has 1 aromatic carbocycles. The highest BCUT2D eigenvalue weighted by atomic mass is 35.5. The molecule has 2 aromatic heterocycles. The van der Waals surface area contributed by atoms with E-state index in [0.717, 1.165) is 36.1 Å². The second-order valence-electron chi connectivity index (χ2n) is 9.33. The minimum atomic E-state index is -0.791. The predicted octanol–water partition coefficient (Wildman–Crippen LogP) is 5.49. The first-order valence-electron chi connectivity index (χ1n) is 10.8. The van der Waals surface area contributed by atoms with Crippen molar-refractivity contribution in [1.29, 1.82) is 0 Å². The molecule has 0 unspecified atom stereocenters. The highest BCUT2D eigenvalue weighted by molar-refractivity contribution is 6.31. The van der Waals surface area contributed by atoms with Gasteiger partial charge in [0.1, 0.15) is 11.4 Å². The third kappa shape index (κ3) is 5.09. The molecule has 1 saturated carbocycles. The molecule has 2 heterocycles. The first-order valence-corrected chi connectivity index (χ1v) is 11.2. The molecule has 2 atom stereocenters. The Balaban J connectivity index is 1.79. The minimum Gasteiger partial charge on any atom is -0.443 e. The highest BCUT2D eigenvalue weighted by Crippen LogP contribution is 2.34. The SMILES string of the molecule is CC(C)(C)OC(=O)n1cc(-c2ncc(F)c(N[C@H]3CCC[C@@H](N)C3)n2)c2cc(Cl)cc(F)c21. The normalized spacial score (nSPS) is 19.0. The third-order valence-corrected chi connectivity index (χ3v) is 5.67. The Morgan fingerprint density at radius 1 is 1.27 bits per heavy atom. The molecule has 0 bridgehead atoms. The molecule has 10 heteroatoms. The molecule has 1 fully saturated rings. The molecule has 33 heavy (non-hydrogen) atoms. The number of rotatable bonds is 3. The van der Waals surface area contributed by atoms with Crippen molar-refractivity contribution in [3.63, 3.8) is 0 Å². The number of nitrogens with zero attached hydrogens (tertiary/aromatic N) is 3. The average molecular weight is 478 g/mol. The number of anilines is 1. The topological polar surface area (TPSA) is 95.1 Å². The van der Waals surface area contributed by atoms with Gasteiger partial charge in [0.05, 0.1) is 11.7 Å². The van der Waals surface area contributed by atoms with E-state index in [4.69, 9.17) is 22.1 Å². The van der Waals surface area contributed by atoms with E-state index in [1.165, 1.54) is 12.3 Å². The summed E-state index contributed by atoms with van der Waals surface area (Å²) in [5, 5.41) is 3.56. The van der Waals surface area contributed by atoms with E-state index in [9.17, 15) is 13.6 Å². The number of carbonyl (C=O) groups is 1. The van der Waals surface area contributed by atoms with Gasteiger partial charge in [-0.25, -0.2) is 28.1 Å². The number of carbonyl (C=O) groups excluding carboxylic acids is 1. The van der Waals surface area contributed by atoms with Crippen LogP contribution in [0.25, 0.3) is 22.3 Å². The largest absolute Gasteiger partial charge is 0.443 e. The molecular weight excluding hydrogens is 452 g/mol. The van der Waals surface area contributed by atoms with Crippen LogP contribution in [0.3, 0.4) is 0 Å². The van der Waals surface area contributed by atoms with E-state index in [1.54, 1.807) is 20.8 Å². The quantitative estimate of drug-likeness (QED) is 0.517. The van der Waals surface area contributed by atoms with Crippen LogP contribution < -0.4 is 11.1 Å². The lowest BCUT2D eigenvalue weighted by Crippen LogP contribution is -2.35. The fourth-order valence-electron chi connectivity index (χ4n) is 4.06. The summed E-state index contributed by atoms with van der Waals surface area (Å²) in [5.41, 5.74) is 5.55. The molecule has 1 aliphatic carbocycles. The fraction of sp³-hybridized carbons (Fsp3) is 0.435. The van der Waals surface area contributed by atoms with Crippen LogP contribution in [0.1, 0.15) is 46.5 Å².